The van der Waals surface area contributed by atoms with Crippen LogP contribution >= 0.6 is 12.2 Å². The van der Waals surface area contributed by atoms with E-state index in [0.29, 0.717) is 18.7 Å². The van der Waals surface area contributed by atoms with Crippen LogP contribution in [0, 0.1) is 0 Å². The molecule has 2 atom stereocenters. The van der Waals surface area contributed by atoms with Gasteiger partial charge >= 0.3 is 0 Å². The van der Waals surface area contributed by atoms with Crippen molar-refractivity contribution in [2.45, 2.75) is 45.2 Å². The summed E-state index contributed by atoms with van der Waals surface area (Å²) in [5.74, 6) is 0. The van der Waals surface area contributed by atoms with Gasteiger partial charge in [0.15, 0.2) is 5.11 Å². The lowest BCUT2D eigenvalue weighted by atomic mass is 10.0. The van der Waals surface area contributed by atoms with E-state index in [2.05, 4.69) is 29.4 Å². The molecular weight excluding hydrogens is 246 g/mol. The summed E-state index contributed by atoms with van der Waals surface area (Å²) in [6.45, 7) is 8.16. The lowest BCUT2D eigenvalue weighted by Crippen LogP contribution is -2.50. The third-order valence-corrected chi connectivity index (χ3v) is 3.86. The van der Waals surface area contributed by atoms with Crippen LogP contribution in [0.1, 0.15) is 33.1 Å². The Kier molecular flexibility index (Phi) is 7.54. The van der Waals surface area contributed by atoms with Crippen LogP contribution in [0.3, 0.4) is 0 Å². The summed E-state index contributed by atoms with van der Waals surface area (Å²) in [4.78, 5) is 2.58. The molecule has 1 aliphatic rings. The van der Waals surface area contributed by atoms with Crippen LogP contribution in [0.4, 0.5) is 0 Å². The van der Waals surface area contributed by atoms with Crippen LogP contribution < -0.4 is 10.6 Å². The molecule has 0 aromatic rings. The maximum absolute atomic E-state index is 5.22. The van der Waals surface area contributed by atoms with Crippen molar-refractivity contribution in [3.8, 4) is 0 Å². The second-order valence-corrected chi connectivity index (χ2v) is 5.47. The van der Waals surface area contributed by atoms with Crippen molar-refractivity contribution < 1.29 is 4.74 Å². The van der Waals surface area contributed by atoms with E-state index in [9.17, 15) is 0 Å². The van der Waals surface area contributed by atoms with Crippen LogP contribution in [0.15, 0.2) is 0 Å². The molecule has 0 aliphatic carbocycles. The molecule has 5 heteroatoms. The molecule has 1 fully saturated rings. The summed E-state index contributed by atoms with van der Waals surface area (Å²) >= 11 is 5.22. The van der Waals surface area contributed by atoms with Gasteiger partial charge < -0.3 is 15.4 Å². The molecular formula is C13H27N3OS. The quantitative estimate of drug-likeness (QED) is 0.564. The molecule has 0 aromatic heterocycles. The Morgan fingerprint density at radius 3 is 2.89 bits per heavy atom. The Hall–Kier alpha value is -0.390. The summed E-state index contributed by atoms with van der Waals surface area (Å²) in [7, 11) is 1.69. The number of piperidine rings is 1. The fourth-order valence-electron chi connectivity index (χ4n) is 2.46. The number of ether oxygens (including phenoxy) is 1. The van der Waals surface area contributed by atoms with E-state index in [1.54, 1.807) is 7.11 Å². The number of nitrogens with one attached hydrogen (secondary N) is 2. The van der Waals surface area contributed by atoms with E-state index in [0.717, 1.165) is 18.2 Å². The van der Waals surface area contributed by atoms with Gasteiger partial charge in [-0.25, -0.2) is 0 Å². The van der Waals surface area contributed by atoms with Crippen LogP contribution in [-0.4, -0.2) is 55.4 Å². The zero-order chi connectivity index (χ0) is 13.4. The molecule has 1 rings (SSSR count). The van der Waals surface area contributed by atoms with Gasteiger partial charge in [-0.2, -0.15) is 0 Å². The first kappa shape index (κ1) is 15.7. The highest BCUT2D eigenvalue weighted by atomic mass is 32.1. The third-order valence-electron chi connectivity index (χ3n) is 3.57. The monoisotopic (exact) mass is 273 g/mol. The van der Waals surface area contributed by atoms with Crippen molar-refractivity contribution in [2.24, 2.45) is 0 Å². The number of thiocarbonyl (C=S) groups is 1. The van der Waals surface area contributed by atoms with Gasteiger partial charge in [0.05, 0.1) is 6.61 Å². The molecule has 1 heterocycles. The van der Waals surface area contributed by atoms with Gasteiger partial charge in [0, 0.05) is 32.3 Å². The molecule has 1 aliphatic heterocycles. The highest BCUT2D eigenvalue weighted by molar-refractivity contribution is 7.80. The summed E-state index contributed by atoms with van der Waals surface area (Å²) in [5, 5.41) is 7.14. The average molecular weight is 273 g/mol. The molecule has 106 valence electrons. The van der Waals surface area contributed by atoms with Gasteiger partial charge in [-0.05, 0) is 45.5 Å². The molecule has 2 N–H and O–H groups in total. The highest BCUT2D eigenvalue weighted by Gasteiger charge is 2.22. The lowest BCUT2D eigenvalue weighted by Gasteiger charge is -2.38. The minimum atomic E-state index is 0.530. The fourth-order valence-corrected chi connectivity index (χ4v) is 2.65. The van der Waals surface area contributed by atoms with E-state index in [1.165, 1.54) is 25.8 Å². The molecule has 4 nitrogen and oxygen atoms in total. The summed E-state index contributed by atoms with van der Waals surface area (Å²) in [6, 6.07) is 1.23. The van der Waals surface area contributed by atoms with Gasteiger partial charge in [0.25, 0.3) is 0 Å². The van der Waals surface area contributed by atoms with E-state index in [-0.39, 0.29) is 0 Å². The van der Waals surface area contributed by atoms with E-state index in [1.807, 2.05) is 0 Å². The average Bonchev–Trinajstić information content (AvgIpc) is 2.37. The number of hydrogen-bond donors (Lipinski definition) is 2. The van der Waals surface area contributed by atoms with Crippen molar-refractivity contribution >= 4 is 17.3 Å². The molecule has 1 saturated heterocycles. The topological polar surface area (TPSA) is 36.5 Å². The van der Waals surface area contributed by atoms with Crippen molar-refractivity contribution in [2.75, 3.05) is 33.4 Å². The van der Waals surface area contributed by atoms with Crippen molar-refractivity contribution in [1.82, 2.24) is 15.5 Å². The second kappa shape index (κ2) is 8.67. The predicted molar refractivity (Wildman–Crippen MR) is 80.0 cm³/mol. The largest absolute Gasteiger partial charge is 0.383 e. The smallest absolute Gasteiger partial charge is 0.166 e. The standard InChI is InChI=1S/C13H27N3OS/c1-11-6-4-5-8-16(11)12(2)10-15-13(18)14-7-9-17-3/h11-12H,4-10H2,1-3H3,(H2,14,15,18)/t11-,12+/m1/s1. The fraction of sp³-hybridized carbons (Fsp3) is 0.923. The van der Waals surface area contributed by atoms with Crippen LogP contribution in [0.5, 0.6) is 0 Å². The normalized spacial score (nSPS) is 22.5. The first-order valence-corrected chi connectivity index (χ1v) is 7.32. The van der Waals surface area contributed by atoms with Crippen molar-refractivity contribution in [1.29, 1.82) is 0 Å². The van der Waals surface area contributed by atoms with Gasteiger partial charge in [-0.3, -0.25) is 4.90 Å². The van der Waals surface area contributed by atoms with Crippen LogP contribution in [0.25, 0.3) is 0 Å². The Balaban J connectivity index is 2.19. The van der Waals surface area contributed by atoms with Gasteiger partial charge in [-0.1, -0.05) is 6.42 Å². The number of nitrogens with zero attached hydrogens (tertiary/aromatic N) is 1. The Labute approximate surface area is 116 Å². The van der Waals surface area contributed by atoms with E-state index in [4.69, 9.17) is 17.0 Å². The third kappa shape index (κ3) is 5.50. The molecule has 0 aromatic carbocycles. The molecule has 0 unspecified atom stereocenters. The van der Waals surface area contributed by atoms with Gasteiger partial charge in [0.1, 0.15) is 0 Å². The Morgan fingerprint density at radius 1 is 1.44 bits per heavy atom. The summed E-state index contributed by atoms with van der Waals surface area (Å²) < 4.78 is 4.97. The minimum absolute atomic E-state index is 0.530. The second-order valence-electron chi connectivity index (χ2n) is 5.06. The Morgan fingerprint density at radius 2 is 2.22 bits per heavy atom. The molecule has 0 radical (unpaired) electrons. The summed E-state index contributed by atoms with van der Waals surface area (Å²) in [6.07, 6.45) is 4.01. The Bertz CT molecular complexity index is 250. The number of hydrogen-bond acceptors (Lipinski definition) is 3. The zero-order valence-electron chi connectivity index (χ0n) is 11.9. The summed E-state index contributed by atoms with van der Waals surface area (Å²) in [5.41, 5.74) is 0. The van der Waals surface area contributed by atoms with Crippen LogP contribution in [-0.2, 0) is 4.74 Å². The maximum atomic E-state index is 5.22. The first-order chi connectivity index (χ1) is 8.65. The predicted octanol–water partition coefficient (Wildman–Crippen LogP) is 1.36. The van der Waals surface area contributed by atoms with Gasteiger partial charge in [0.2, 0.25) is 0 Å². The van der Waals surface area contributed by atoms with Gasteiger partial charge in [-0.15, -0.1) is 0 Å². The molecule has 18 heavy (non-hydrogen) atoms. The molecule has 0 spiro atoms. The first-order valence-electron chi connectivity index (χ1n) is 6.91. The number of methoxy groups -OCH3 is 1. The van der Waals surface area contributed by atoms with Crippen LogP contribution in [0.2, 0.25) is 0 Å². The van der Waals surface area contributed by atoms with E-state index < -0.39 is 0 Å². The maximum Gasteiger partial charge on any atom is 0.166 e. The molecule has 0 saturated carbocycles. The number of rotatable bonds is 6. The van der Waals surface area contributed by atoms with Crippen molar-refractivity contribution in [3.05, 3.63) is 0 Å². The molecule has 0 amide bonds. The zero-order valence-corrected chi connectivity index (χ0v) is 12.7. The van der Waals surface area contributed by atoms with E-state index >= 15 is 0 Å². The highest BCUT2D eigenvalue weighted by Crippen LogP contribution is 2.18. The SMILES string of the molecule is COCCNC(=S)NC[C@H](C)N1CCCC[C@H]1C. The minimum Gasteiger partial charge on any atom is -0.383 e. The lowest BCUT2D eigenvalue weighted by molar-refractivity contribution is 0.116. The number of likely N-dealkylation sites (tertiary alicyclic amines) is 1. The van der Waals surface area contributed by atoms with Crippen molar-refractivity contribution in [3.63, 3.8) is 0 Å². The molecule has 0 bridgehead atoms.